The highest BCUT2D eigenvalue weighted by Crippen LogP contribution is 2.39. The van der Waals surface area contributed by atoms with Crippen molar-refractivity contribution in [1.82, 2.24) is 0 Å². The third-order valence-corrected chi connectivity index (χ3v) is 4.75. The van der Waals surface area contributed by atoms with E-state index in [1.165, 1.54) is 53.6 Å². The van der Waals surface area contributed by atoms with Gasteiger partial charge in [-0.1, -0.05) is 23.2 Å². The molecule has 0 radical (unpaired) electrons. The molecule has 0 saturated heterocycles. The number of nitrogens with one attached hydrogen (secondary N) is 1. The van der Waals surface area contributed by atoms with Crippen LogP contribution in [0, 0.1) is 0 Å². The van der Waals surface area contributed by atoms with E-state index >= 15 is 0 Å². The highest BCUT2D eigenvalue weighted by Gasteiger charge is 2.25. The molecule has 2 aromatic carbocycles. The number of carbonyl (C=O) groups excluding carboxylic acids is 2. The normalized spacial score (nSPS) is 11.7. The smallest absolute Gasteiger partial charge is 0.258 e. The van der Waals surface area contributed by atoms with Crippen LogP contribution in [0.25, 0.3) is 0 Å². The number of hydrogen-bond donors (Lipinski definition) is 1. The first-order valence-corrected chi connectivity index (χ1v) is 9.56. The fraction of sp³-hybridized carbons (Fsp3) is 0.300. The number of hydrogen-bond acceptors (Lipinski definition) is 8. The van der Waals surface area contributed by atoms with Gasteiger partial charge in [0, 0.05) is 24.3 Å². The number of rotatable bonds is 9. The van der Waals surface area contributed by atoms with Crippen LogP contribution in [0.3, 0.4) is 0 Å². The molecule has 0 aromatic heterocycles. The Kier molecular flexibility index (Phi) is 8.47. The average Bonchev–Trinajstić information content (AvgIpc) is 2.74. The van der Waals surface area contributed by atoms with Gasteiger partial charge in [-0.3, -0.25) is 9.59 Å². The molecule has 166 valence electrons. The van der Waals surface area contributed by atoms with E-state index in [1.807, 2.05) is 0 Å². The van der Waals surface area contributed by atoms with E-state index in [0.717, 1.165) is 0 Å². The predicted octanol–water partition coefficient (Wildman–Crippen LogP) is 4.71. The zero-order chi connectivity index (χ0) is 23.1. The predicted molar refractivity (Wildman–Crippen MR) is 117 cm³/mol. The fourth-order valence-electron chi connectivity index (χ4n) is 2.52. The number of halogens is 2. The number of azo groups is 1. The summed E-state index contributed by atoms with van der Waals surface area (Å²) in [5, 5.41) is 10.8. The van der Waals surface area contributed by atoms with Crippen LogP contribution in [0.5, 0.6) is 23.0 Å². The Labute approximate surface area is 189 Å². The second-order valence-corrected chi connectivity index (χ2v) is 6.86. The minimum atomic E-state index is -1.46. The summed E-state index contributed by atoms with van der Waals surface area (Å²) in [6.45, 7) is 1.22. The Hall–Kier alpha value is -3.04. The average molecular weight is 470 g/mol. The van der Waals surface area contributed by atoms with Crippen LogP contribution in [0.15, 0.2) is 34.5 Å². The van der Waals surface area contributed by atoms with Gasteiger partial charge in [-0.15, -0.1) is 0 Å². The molecule has 0 spiro atoms. The summed E-state index contributed by atoms with van der Waals surface area (Å²) in [6, 6.07) is 4.63. The lowest BCUT2D eigenvalue weighted by Gasteiger charge is -2.14. The number of Topliss-reactive ketones (excluding diaryl/α,β-unsaturated/α-hetero) is 1. The molecule has 0 aliphatic rings. The molecule has 0 bridgehead atoms. The molecular weight excluding hydrogens is 449 g/mol. The van der Waals surface area contributed by atoms with Gasteiger partial charge in [0.15, 0.2) is 11.5 Å². The van der Waals surface area contributed by atoms with Gasteiger partial charge in [-0.2, -0.15) is 10.2 Å². The summed E-state index contributed by atoms with van der Waals surface area (Å²) < 4.78 is 20.7. The first kappa shape index (κ1) is 24.2. The van der Waals surface area contributed by atoms with Gasteiger partial charge in [0.05, 0.1) is 39.1 Å². The molecule has 0 fully saturated rings. The number of carbonyl (C=O) groups is 2. The van der Waals surface area contributed by atoms with Crippen molar-refractivity contribution in [2.45, 2.75) is 13.0 Å². The number of ether oxygens (including phenoxy) is 4. The Morgan fingerprint density at radius 2 is 1.58 bits per heavy atom. The molecule has 1 unspecified atom stereocenters. The molecule has 1 N–H and O–H groups in total. The zero-order valence-electron chi connectivity index (χ0n) is 17.5. The van der Waals surface area contributed by atoms with Gasteiger partial charge in [0.25, 0.3) is 5.91 Å². The van der Waals surface area contributed by atoms with Gasteiger partial charge in [-0.05, 0) is 6.92 Å². The quantitative estimate of drug-likeness (QED) is 0.420. The van der Waals surface area contributed by atoms with Crippen LogP contribution in [0.2, 0.25) is 10.0 Å². The molecule has 0 saturated carbocycles. The lowest BCUT2D eigenvalue weighted by atomic mass is 10.2. The Bertz CT molecular complexity index is 1010. The number of ketones is 1. The van der Waals surface area contributed by atoms with E-state index < -0.39 is 17.7 Å². The zero-order valence-corrected chi connectivity index (χ0v) is 19.0. The molecule has 0 aliphatic heterocycles. The minimum absolute atomic E-state index is 0.136. The third-order valence-electron chi connectivity index (χ3n) is 4.08. The summed E-state index contributed by atoms with van der Waals surface area (Å²) in [4.78, 5) is 24.9. The molecule has 9 nitrogen and oxygen atoms in total. The maximum absolute atomic E-state index is 12.8. The van der Waals surface area contributed by atoms with Crippen molar-refractivity contribution in [1.29, 1.82) is 0 Å². The standard InChI is InChI=1S/C20H21Cl2N3O6/c1-10(26)18(25-24-15-8-11(28-2)6-13(21)19(15)31-5)20(27)23-14-7-12(29-3)9-16(30-4)17(14)22/h6-9,18H,1-5H3,(H,23,27). The lowest BCUT2D eigenvalue weighted by molar-refractivity contribution is -0.126. The maximum atomic E-state index is 12.8. The first-order chi connectivity index (χ1) is 14.7. The van der Waals surface area contributed by atoms with Crippen molar-refractivity contribution >= 4 is 46.3 Å². The van der Waals surface area contributed by atoms with Crippen molar-refractivity contribution < 1.29 is 28.5 Å². The molecule has 1 atom stereocenters. The van der Waals surface area contributed by atoms with E-state index in [9.17, 15) is 9.59 Å². The molecule has 0 heterocycles. The summed E-state index contributed by atoms with van der Waals surface area (Å²) >= 11 is 12.4. The highest BCUT2D eigenvalue weighted by atomic mass is 35.5. The molecule has 0 aliphatic carbocycles. The molecule has 1 amide bonds. The SMILES string of the molecule is COc1cc(Cl)c(OC)c(N=NC(C(C)=O)C(=O)Nc2cc(OC)cc(OC)c2Cl)c1. The monoisotopic (exact) mass is 469 g/mol. The largest absolute Gasteiger partial charge is 0.497 e. The minimum Gasteiger partial charge on any atom is -0.497 e. The Balaban J connectivity index is 2.37. The van der Waals surface area contributed by atoms with E-state index in [0.29, 0.717) is 11.5 Å². The van der Waals surface area contributed by atoms with E-state index in [2.05, 4.69) is 15.5 Å². The van der Waals surface area contributed by atoms with E-state index in [4.69, 9.17) is 42.1 Å². The number of nitrogens with zero attached hydrogens (tertiary/aromatic N) is 2. The molecular formula is C20H21Cl2N3O6. The maximum Gasteiger partial charge on any atom is 0.258 e. The van der Waals surface area contributed by atoms with Crippen LogP contribution >= 0.6 is 23.2 Å². The van der Waals surface area contributed by atoms with Gasteiger partial charge < -0.3 is 24.3 Å². The summed E-state index contributed by atoms with van der Waals surface area (Å²) in [6.07, 6.45) is 0. The second kappa shape index (κ2) is 10.8. The van der Waals surface area contributed by atoms with Crippen LogP contribution in [0.1, 0.15) is 6.92 Å². The second-order valence-electron chi connectivity index (χ2n) is 6.07. The van der Waals surface area contributed by atoms with Gasteiger partial charge in [-0.25, -0.2) is 0 Å². The number of anilines is 1. The van der Waals surface area contributed by atoms with E-state index in [1.54, 1.807) is 6.07 Å². The third kappa shape index (κ3) is 5.77. The van der Waals surface area contributed by atoms with Crippen molar-refractivity contribution in [2.24, 2.45) is 10.2 Å². The van der Waals surface area contributed by atoms with Gasteiger partial charge >= 0.3 is 0 Å². The van der Waals surface area contributed by atoms with Gasteiger partial charge in [0.2, 0.25) is 6.04 Å². The van der Waals surface area contributed by atoms with Crippen molar-refractivity contribution in [3.8, 4) is 23.0 Å². The fourth-order valence-corrected chi connectivity index (χ4v) is 3.03. The van der Waals surface area contributed by atoms with Crippen molar-refractivity contribution in [2.75, 3.05) is 33.8 Å². The van der Waals surface area contributed by atoms with Gasteiger partial charge in [0.1, 0.15) is 28.0 Å². The summed E-state index contributed by atoms with van der Waals surface area (Å²) in [5.74, 6) is 0.0105. The summed E-state index contributed by atoms with van der Waals surface area (Å²) in [5.41, 5.74) is 0.373. The lowest BCUT2D eigenvalue weighted by Crippen LogP contribution is -2.32. The number of benzene rings is 2. The Morgan fingerprint density at radius 3 is 2.13 bits per heavy atom. The van der Waals surface area contributed by atoms with Crippen LogP contribution in [-0.4, -0.2) is 46.2 Å². The molecule has 31 heavy (non-hydrogen) atoms. The van der Waals surface area contributed by atoms with Crippen molar-refractivity contribution in [3.05, 3.63) is 34.3 Å². The van der Waals surface area contributed by atoms with Crippen molar-refractivity contribution in [3.63, 3.8) is 0 Å². The number of methoxy groups -OCH3 is 4. The summed E-state index contributed by atoms with van der Waals surface area (Å²) in [7, 11) is 5.73. The Morgan fingerprint density at radius 1 is 0.935 bits per heavy atom. The topological polar surface area (TPSA) is 108 Å². The first-order valence-electron chi connectivity index (χ1n) is 8.80. The van der Waals surface area contributed by atoms with Crippen LogP contribution < -0.4 is 24.3 Å². The molecule has 11 heteroatoms. The van der Waals surface area contributed by atoms with Crippen LogP contribution in [0.4, 0.5) is 11.4 Å². The molecule has 2 rings (SSSR count). The highest BCUT2D eigenvalue weighted by molar-refractivity contribution is 6.35. The number of amides is 1. The van der Waals surface area contributed by atoms with Crippen LogP contribution in [-0.2, 0) is 9.59 Å². The van der Waals surface area contributed by atoms with E-state index in [-0.39, 0.29) is 32.9 Å². The molecule has 2 aromatic rings.